The predicted molar refractivity (Wildman–Crippen MR) is 116 cm³/mol. The molecule has 1 aromatic heterocycles. The Bertz CT molecular complexity index is 1040. The fourth-order valence-electron chi connectivity index (χ4n) is 3.10. The molecule has 0 saturated carbocycles. The Morgan fingerprint density at radius 3 is 2.77 bits per heavy atom. The van der Waals surface area contributed by atoms with Gasteiger partial charge in [0.25, 0.3) is 0 Å². The molecule has 0 bridgehead atoms. The van der Waals surface area contributed by atoms with Crippen LogP contribution < -0.4 is 29.9 Å². The Morgan fingerprint density at radius 2 is 1.90 bits per heavy atom. The van der Waals surface area contributed by atoms with E-state index >= 15 is 0 Å². The summed E-state index contributed by atoms with van der Waals surface area (Å²) in [6.45, 7) is 2.52. The molecular formula is C22H24ClNO6. The molecule has 0 spiro atoms. The molecule has 0 saturated heterocycles. The lowest BCUT2D eigenvalue weighted by molar-refractivity contribution is 0.0898. The van der Waals surface area contributed by atoms with Crippen LogP contribution in [0.25, 0.3) is 11.0 Å². The lowest BCUT2D eigenvalue weighted by atomic mass is 10.2. The van der Waals surface area contributed by atoms with Gasteiger partial charge in [-0.3, -0.25) is 0 Å². The van der Waals surface area contributed by atoms with Gasteiger partial charge in [-0.05, 0) is 43.3 Å². The number of halogens is 1. The fraction of sp³-hybridized carbons (Fsp3) is 0.318. The van der Waals surface area contributed by atoms with Gasteiger partial charge in [0, 0.05) is 30.1 Å². The molecular weight excluding hydrogens is 410 g/mol. The molecule has 1 aliphatic rings. The van der Waals surface area contributed by atoms with Crippen LogP contribution in [0, 0.1) is 0 Å². The zero-order valence-corrected chi connectivity index (χ0v) is 17.4. The van der Waals surface area contributed by atoms with Crippen molar-refractivity contribution in [2.24, 2.45) is 0 Å². The van der Waals surface area contributed by atoms with E-state index in [1.807, 2.05) is 30.3 Å². The largest absolute Gasteiger partial charge is 0.497 e. The molecule has 3 aromatic rings. The van der Waals surface area contributed by atoms with E-state index in [1.165, 1.54) is 6.07 Å². The minimum atomic E-state index is -0.367. The van der Waals surface area contributed by atoms with Gasteiger partial charge in [-0.15, -0.1) is 12.4 Å². The van der Waals surface area contributed by atoms with Crippen LogP contribution in [0.5, 0.6) is 23.0 Å². The number of methoxy groups -OCH3 is 1. The van der Waals surface area contributed by atoms with E-state index in [1.54, 1.807) is 19.2 Å². The summed E-state index contributed by atoms with van der Waals surface area (Å²) in [5.41, 5.74) is 0.160. The molecule has 0 radical (unpaired) electrons. The van der Waals surface area contributed by atoms with Gasteiger partial charge < -0.3 is 28.7 Å². The van der Waals surface area contributed by atoms with Crippen molar-refractivity contribution in [3.8, 4) is 23.0 Å². The van der Waals surface area contributed by atoms with Gasteiger partial charge in [-0.1, -0.05) is 0 Å². The molecule has 4 rings (SSSR count). The molecule has 0 amide bonds. The third kappa shape index (κ3) is 5.37. The molecule has 8 heteroatoms. The Labute approximate surface area is 180 Å². The first kappa shape index (κ1) is 21.8. The summed E-state index contributed by atoms with van der Waals surface area (Å²) < 4.78 is 27.8. The Hall–Kier alpha value is -2.90. The molecule has 1 atom stereocenters. The van der Waals surface area contributed by atoms with E-state index < -0.39 is 0 Å². The van der Waals surface area contributed by atoms with Gasteiger partial charge in [0.1, 0.15) is 29.8 Å². The van der Waals surface area contributed by atoms with E-state index in [9.17, 15) is 4.79 Å². The third-order valence-electron chi connectivity index (χ3n) is 4.60. The number of hydrogen-bond acceptors (Lipinski definition) is 7. The monoisotopic (exact) mass is 433 g/mol. The molecule has 2 heterocycles. The number of benzene rings is 2. The van der Waals surface area contributed by atoms with Gasteiger partial charge in [-0.2, -0.15) is 0 Å². The van der Waals surface area contributed by atoms with Crippen LogP contribution in [0.3, 0.4) is 0 Å². The summed E-state index contributed by atoms with van der Waals surface area (Å²) in [5.74, 6) is 2.86. The minimum absolute atomic E-state index is 0. The van der Waals surface area contributed by atoms with Crippen LogP contribution in [0.4, 0.5) is 0 Å². The van der Waals surface area contributed by atoms with Gasteiger partial charge in [0.2, 0.25) is 0 Å². The number of rotatable bonds is 8. The third-order valence-corrected chi connectivity index (χ3v) is 4.60. The molecule has 1 N–H and O–H groups in total. The van der Waals surface area contributed by atoms with Crippen molar-refractivity contribution in [3.63, 3.8) is 0 Å². The van der Waals surface area contributed by atoms with Gasteiger partial charge in [-0.25, -0.2) is 4.79 Å². The summed E-state index contributed by atoms with van der Waals surface area (Å²) in [7, 11) is 1.63. The molecule has 1 unspecified atom stereocenters. The van der Waals surface area contributed by atoms with Crippen molar-refractivity contribution in [2.75, 3.05) is 33.4 Å². The second kappa shape index (κ2) is 10.2. The lowest BCUT2D eigenvalue weighted by Crippen LogP contribution is -2.39. The first-order valence-electron chi connectivity index (χ1n) is 9.56. The molecule has 0 aliphatic carbocycles. The SMILES string of the molecule is COc1ccc2c(c1)OC(CNCCCOc1ccc3ccc(=O)oc3c1)CO2.Cl. The van der Waals surface area contributed by atoms with Crippen molar-refractivity contribution in [1.82, 2.24) is 5.32 Å². The van der Waals surface area contributed by atoms with Gasteiger partial charge in [0.15, 0.2) is 11.5 Å². The van der Waals surface area contributed by atoms with Crippen molar-refractivity contribution in [2.45, 2.75) is 12.5 Å². The van der Waals surface area contributed by atoms with E-state index in [2.05, 4.69) is 5.32 Å². The molecule has 2 aromatic carbocycles. The highest BCUT2D eigenvalue weighted by Crippen LogP contribution is 2.34. The highest BCUT2D eigenvalue weighted by molar-refractivity contribution is 5.85. The Morgan fingerprint density at radius 1 is 1.07 bits per heavy atom. The van der Waals surface area contributed by atoms with Crippen LogP contribution in [-0.2, 0) is 0 Å². The summed E-state index contributed by atoms with van der Waals surface area (Å²) in [5, 5.41) is 4.23. The van der Waals surface area contributed by atoms with Crippen molar-refractivity contribution in [1.29, 1.82) is 0 Å². The van der Waals surface area contributed by atoms with E-state index in [0.29, 0.717) is 36.8 Å². The van der Waals surface area contributed by atoms with E-state index in [-0.39, 0.29) is 24.1 Å². The van der Waals surface area contributed by atoms with Crippen LogP contribution in [0.1, 0.15) is 6.42 Å². The maximum absolute atomic E-state index is 11.3. The van der Waals surface area contributed by atoms with Crippen LogP contribution in [0.15, 0.2) is 57.7 Å². The van der Waals surface area contributed by atoms with Gasteiger partial charge in [0.05, 0.1) is 13.7 Å². The molecule has 7 nitrogen and oxygen atoms in total. The fourth-order valence-corrected chi connectivity index (χ4v) is 3.10. The van der Waals surface area contributed by atoms with Crippen LogP contribution in [0.2, 0.25) is 0 Å². The van der Waals surface area contributed by atoms with Crippen LogP contribution >= 0.6 is 12.4 Å². The zero-order valence-electron chi connectivity index (χ0n) is 16.6. The number of nitrogens with one attached hydrogen (secondary N) is 1. The summed E-state index contributed by atoms with van der Waals surface area (Å²) in [6.07, 6.45) is 0.772. The average Bonchev–Trinajstić information content (AvgIpc) is 2.75. The zero-order chi connectivity index (χ0) is 20.1. The standard InChI is InChI=1S/C22H23NO6.ClH/c1-25-16-6-7-19-21(11-16)28-18(14-27-19)13-23-9-2-10-26-17-5-3-15-4-8-22(24)29-20(15)12-17;/h3-8,11-12,18,23H,2,9-10,13-14H2,1H3;1H. The maximum Gasteiger partial charge on any atom is 0.336 e. The number of hydrogen-bond donors (Lipinski definition) is 1. The quantitative estimate of drug-likeness (QED) is 0.430. The Kier molecular flexibility index (Phi) is 7.43. The highest BCUT2D eigenvalue weighted by Gasteiger charge is 2.21. The highest BCUT2D eigenvalue weighted by atomic mass is 35.5. The van der Waals surface area contributed by atoms with Crippen LogP contribution in [-0.4, -0.2) is 39.5 Å². The first-order valence-corrected chi connectivity index (χ1v) is 9.56. The topological polar surface area (TPSA) is 79.2 Å². The van der Waals surface area contributed by atoms with E-state index in [4.69, 9.17) is 23.4 Å². The maximum atomic E-state index is 11.3. The summed E-state index contributed by atoms with van der Waals surface area (Å²) >= 11 is 0. The molecule has 160 valence electrons. The molecule has 0 fully saturated rings. The second-order valence-corrected chi connectivity index (χ2v) is 6.72. The minimum Gasteiger partial charge on any atom is -0.497 e. The average molecular weight is 434 g/mol. The van der Waals surface area contributed by atoms with Gasteiger partial charge >= 0.3 is 5.63 Å². The van der Waals surface area contributed by atoms with E-state index in [0.717, 1.165) is 29.9 Å². The summed E-state index contributed by atoms with van der Waals surface area (Å²) in [6, 6.07) is 14.2. The van der Waals surface area contributed by atoms with Crippen molar-refractivity contribution in [3.05, 3.63) is 59.0 Å². The Balaban J connectivity index is 0.00000256. The van der Waals surface area contributed by atoms with Crippen molar-refractivity contribution >= 4 is 23.4 Å². The predicted octanol–water partition coefficient (Wildman–Crippen LogP) is 3.42. The normalized spacial score (nSPS) is 14.8. The lowest BCUT2D eigenvalue weighted by Gasteiger charge is -2.27. The first-order chi connectivity index (χ1) is 14.2. The number of ether oxygens (including phenoxy) is 4. The smallest absolute Gasteiger partial charge is 0.336 e. The second-order valence-electron chi connectivity index (χ2n) is 6.72. The molecule has 1 aliphatic heterocycles. The molecule has 30 heavy (non-hydrogen) atoms. The number of fused-ring (bicyclic) bond motifs is 2. The van der Waals surface area contributed by atoms with Crippen molar-refractivity contribution < 1.29 is 23.4 Å². The summed E-state index contributed by atoms with van der Waals surface area (Å²) in [4.78, 5) is 11.3.